The Bertz CT molecular complexity index is 655. The van der Waals surface area contributed by atoms with Gasteiger partial charge >= 0.3 is 0 Å². The summed E-state index contributed by atoms with van der Waals surface area (Å²) >= 11 is 0. The standard InChI is InChI=1S/C20H33N5O.HI/c1-4-26-18-11-17(20(18)8-5-6-9-20)23-19(21-2)25-10-7-15(14-25)16-12-22-24(3)13-16;/h12-13,15,17-18H,4-11,14H2,1-3H3,(H,21,23);1H. The summed E-state index contributed by atoms with van der Waals surface area (Å²) in [5.41, 5.74) is 1.69. The maximum Gasteiger partial charge on any atom is 0.193 e. The molecule has 1 aliphatic heterocycles. The van der Waals surface area contributed by atoms with Gasteiger partial charge < -0.3 is 15.0 Å². The molecule has 7 heteroatoms. The lowest BCUT2D eigenvalue weighted by Crippen LogP contribution is -2.65. The zero-order valence-corrected chi connectivity index (χ0v) is 19.2. The molecule has 3 unspecified atom stereocenters. The zero-order chi connectivity index (χ0) is 18.1. The van der Waals surface area contributed by atoms with Crippen LogP contribution in [0, 0.1) is 5.41 Å². The van der Waals surface area contributed by atoms with E-state index < -0.39 is 0 Å². The predicted octanol–water partition coefficient (Wildman–Crippen LogP) is 3.14. The second-order valence-electron chi connectivity index (χ2n) is 8.24. The molecule has 27 heavy (non-hydrogen) atoms. The van der Waals surface area contributed by atoms with Crippen molar-refractivity contribution in [2.75, 3.05) is 26.7 Å². The number of halogens is 1. The van der Waals surface area contributed by atoms with Crippen LogP contribution in [0.3, 0.4) is 0 Å². The van der Waals surface area contributed by atoms with Crippen molar-refractivity contribution in [2.45, 2.75) is 63.5 Å². The van der Waals surface area contributed by atoms with Crippen molar-refractivity contribution in [3.05, 3.63) is 18.0 Å². The largest absolute Gasteiger partial charge is 0.378 e. The van der Waals surface area contributed by atoms with Crippen molar-refractivity contribution < 1.29 is 4.74 Å². The summed E-state index contributed by atoms with van der Waals surface area (Å²) in [4.78, 5) is 7.05. The Morgan fingerprint density at radius 3 is 2.81 bits per heavy atom. The van der Waals surface area contributed by atoms with Gasteiger partial charge in [0.2, 0.25) is 0 Å². The van der Waals surface area contributed by atoms with E-state index in [1.54, 1.807) is 0 Å². The van der Waals surface area contributed by atoms with Crippen LogP contribution in [0.1, 0.15) is 56.9 Å². The Morgan fingerprint density at radius 1 is 1.41 bits per heavy atom. The minimum absolute atomic E-state index is 0. The van der Waals surface area contributed by atoms with Crippen molar-refractivity contribution >= 4 is 29.9 Å². The van der Waals surface area contributed by atoms with Crippen molar-refractivity contribution in [2.24, 2.45) is 17.5 Å². The number of nitrogens with zero attached hydrogens (tertiary/aromatic N) is 4. The van der Waals surface area contributed by atoms with Gasteiger partial charge in [-0.05, 0) is 38.2 Å². The number of rotatable bonds is 4. The molecule has 3 atom stereocenters. The van der Waals surface area contributed by atoms with E-state index in [2.05, 4.69) is 33.4 Å². The van der Waals surface area contributed by atoms with Crippen LogP contribution in [0.5, 0.6) is 0 Å². The van der Waals surface area contributed by atoms with E-state index in [4.69, 9.17) is 4.74 Å². The highest BCUT2D eigenvalue weighted by Crippen LogP contribution is 2.54. The molecule has 3 fully saturated rings. The molecule has 1 N–H and O–H groups in total. The highest BCUT2D eigenvalue weighted by atomic mass is 127. The van der Waals surface area contributed by atoms with Gasteiger partial charge in [-0.2, -0.15) is 5.10 Å². The summed E-state index contributed by atoms with van der Waals surface area (Å²) in [5, 5.41) is 8.15. The first-order valence-corrected chi connectivity index (χ1v) is 10.2. The molecule has 0 bridgehead atoms. The van der Waals surface area contributed by atoms with Gasteiger partial charge in [0.1, 0.15) is 0 Å². The molecule has 2 aliphatic carbocycles. The van der Waals surface area contributed by atoms with Gasteiger partial charge in [-0.15, -0.1) is 24.0 Å². The molecule has 1 spiro atoms. The number of aliphatic imine (C=N–C) groups is 1. The van der Waals surface area contributed by atoms with Gasteiger partial charge in [0, 0.05) is 57.4 Å². The monoisotopic (exact) mass is 487 g/mol. The Kier molecular flexibility index (Phi) is 6.71. The number of hydrogen-bond donors (Lipinski definition) is 1. The summed E-state index contributed by atoms with van der Waals surface area (Å²) < 4.78 is 7.96. The Labute approximate surface area is 180 Å². The Hall–Kier alpha value is -0.830. The number of likely N-dealkylation sites (tertiary alicyclic amines) is 1. The fraction of sp³-hybridized carbons (Fsp3) is 0.800. The number of hydrogen-bond acceptors (Lipinski definition) is 3. The van der Waals surface area contributed by atoms with Gasteiger partial charge in [-0.3, -0.25) is 9.67 Å². The molecule has 1 saturated heterocycles. The molecule has 0 aromatic carbocycles. The summed E-state index contributed by atoms with van der Waals surface area (Å²) in [6.07, 6.45) is 12.2. The molecule has 1 aromatic rings. The minimum atomic E-state index is 0. The highest BCUT2D eigenvalue weighted by Gasteiger charge is 2.57. The molecule has 0 amide bonds. The van der Waals surface area contributed by atoms with Crippen LogP contribution in [0.25, 0.3) is 0 Å². The van der Waals surface area contributed by atoms with E-state index in [-0.39, 0.29) is 24.0 Å². The number of aryl methyl sites for hydroxylation is 1. The molecule has 1 aromatic heterocycles. The normalized spacial score (nSPS) is 29.7. The van der Waals surface area contributed by atoms with Gasteiger partial charge in [0.15, 0.2) is 5.96 Å². The molecule has 2 heterocycles. The van der Waals surface area contributed by atoms with Crippen LogP contribution < -0.4 is 5.32 Å². The molecule has 0 radical (unpaired) electrons. The van der Waals surface area contributed by atoms with Gasteiger partial charge in [0.25, 0.3) is 0 Å². The SMILES string of the molecule is CCOC1CC(NC(=NC)N2CCC(c3cnn(C)c3)C2)C12CCCC2.I. The lowest BCUT2D eigenvalue weighted by molar-refractivity contribution is -0.126. The second kappa shape index (κ2) is 8.68. The number of ether oxygens (including phenoxy) is 1. The molecular weight excluding hydrogens is 453 g/mol. The van der Waals surface area contributed by atoms with Crippen molar-refractivity contribution in [3.8, 4) is 0 Å². The van der Waals surface area contributed by atoms with E-state index >= 15 is 0 Å². The first kappa shape index (κ1) is 20.9. The fourth-order valence-corrected chi connectivity index (χ4v) is 5.42. The van der Waals surface area contributed by atoms with Crippen LogP contribution in [0.4, 0.5) is 0 Å². The number of nitrogens with one attached hydrogen (secondary N) is 1. The number of guanidine groups is 1. The average Bonchev–Trinajstić information content (AvgIpc) is 3.37. The van der Waals surface area contributed by atoms with E-state index in [1.807, 2.05) is 25.0 Å². The van der Waals surface area contributed by atoms with Gasteiger partial charge in [-0.1, -0.05) is 12.8 Å². The topological polar surface area (TPSA) is 54.7 Å². The van der Waals surface area contributed by atoms with Crippen LogP contribution in [0.2, 0.25) is 0 Å². The average molecular weight is 487 g/mol. The smallest absolute Gasteiger partial charge is 0.193 e. The van der Waals surface area contributed by atoms with Gasteiger partial charge in [-0.25, -0.2) is 0 Å². The molecular formula is C20H34IN5O. The highest BCUT2D eigenvalue weighted by molar-refractivity contribution is 14.0. The third-order valence-electron chi connectivity index (χ3n) is 6.89. The molecule has 6 nitrogen and oxygen atoms in total. The van der Waals surface area contributed by atoms with E-state index in [0.29, 0.717) is 23.5 Å². The lowest BCUT2D eigenvalue weighted by Gasteiger charge is -2.54. The van der Waals surface area contributed by atoms with Crippen LogP contribution in [0.15, 0.2) is 17.4 Å². The quantitative estimate of drug-likeness (QED) is 0.403. The van der Waals surface area contributed by atoms with Crippen molar-refractivity contribution in [3.63, 3.8) is 0 Å². The Balaban J connectivity index is 0.00000210. The zero-order valence-electron chi connectivity index (χ0n) is 16.9. The molecule has 152 valence electrons. The maximum absolute atomic E-state index is 6.06. The van der Waals surface area contributed by atoms with E-state index in [9.17, 15) is 0 Å². The predicted molar refractivity (Wildman–Crippen MR) is 119 cm³/mol. The Morgan fingerprint density at radius 2 is 2.19 bits per heavy atom. The molecule has 4 rings (SSSR count). The van der Waals surface area contributed by atoms with Crippen LogP contribution in [-0.4, -0.2) is 59.5 Å². The summed E-state index contributed by atoms with van der Waals surface area (Å²) in [6, 6.07) is 0.512. The van der Waals surface area contributed by atoms with Crippen LogP contribution in [-0.2, 0) is 11.8 Å². The van der Waals surface area contributed by atoms with Crippen molar-refractivity contribution in [1.82, 2.24) is 20.0 Å². The van der Waals surface area contributed by atoms with Crippen LogP contribution >= 0.6 is 24.0 Å². The maximum atomic E-state index is 6.06. The summed E-state index contributed by atoms with van der Waals surface area (Å²) in [6.45, 7) is 5.03. The first-order chi connectivity index (χ1) is 12.7. The first-order valence-electron chi connectivity index (χ1n) is 10.2. The van der Waals surface area contributed by atoms with Gasteiger partial charge in [0.05, 0.1) is 12.3 Å². The minimum Gasteiger partial charge on any atom is -0.378 e. The summed E-state index contributed by atoms with van der Waals surface area (Å²) in [7, 11) is 3.91. The third kappa shape index (κ3) is 3.86. The third-order valence-corrected chi connectivity index (χ3v) is 6.89. The van der Waals surface area contributed by atoms with Crippen molar-refractivity contribution in [1.29, 1.82) is 0 Å². The van der Waals surface area contributed by atoms with E-state index in [0.717, 1.165) is 32.1 Å². The summed E-state index contributed by atoms with van der Waals surface area (Å²) in [5.74, 6) is 1.63. The molecule has 3 aliphatic rings. The number of aromatic nitrogens is 2. The lowest BCUT2D eigenvalue weighted by atomic mass is 9.60. The second-order valence-corrected chi connectivity index (χ2v) is 8.24. The molecule has 2 saturated carbocycles. The fourth-order valence-electron chi connectivity index (χ4n) is 5.42. The van der Waals surface area contributed by atoms with E-state index in [1.165, 1.54) is 37.7 Å².